The van der Waals surface area contributed by atoms with Gasteiger partial charge in [-0.1, -0.05) is 12.1 Å². The van der Waals surface area contributed by atoms with Gasteiger partial charge in [0.1, 0.15) is 5.82 Å². The van der Waals surface area contributed by atoms with Crippen molar-refractivity contribution in [1.29, 1.82) is 0 Å². The molecule has 0 saturated carbocycles. The average molecular weight is 335 g/mol. The van der Waals surface area contributed by atoms with Crippen molar-refractivity contribution in [2.45, 2.75) is 40.2 Å². The highest BCUT2D eigenvalue weighted by Crippen LogP contribution is 2.20. The van der Waals surface area contributed by atoms with Gasteiger partial charge < -0.3 is 15.1 Å². The molecule has 0 bridgehead atoms. The minimum Gasteiger partial charge on any atom is -0.341 e. The van der Waals surface area contributed by atoms with Gasteiger partial charge in [-0.3, -0.25) is 4.79 Å². The molecule has 1 aromatic carbocycles. The van der Waals surface area contributed by atoms with Crippen LogP contribution in [0.1, 0.15) is 43.0 Å². The van der Waals surface area contributed by atoms with E-state index in [9.17, 15) is 14.0 Å². The second kappa shape index (κ2) is 7.64. The standard InChI is InChI=1S/C18H26FN3O2/c1-12-10-16(11-13(2)17(12)19)14(3)20-18(24)22-7-5-6-21(8-9-22)15(4)23/h10-11,14H,5-9H2,1-4H3,(H,20,24). The Bertz CT molecular complexity index is 610. The lowest BCUT2D eigenvalue weighted by Gasteiger charge is -2.24. The predicted octanol–water partition coefficient (Wildman–Crippen LogP) is 2.77. The van der Waals surface area contributed by atoms with Crippen LogP contribution in [0.5, 0.6) is 0 Å². The third-order valence-corrected chi connectivity index (χ3v) is 4.53. The monoisotopic (exact) mass is 335 g/mol. The fraction of sp³-hybridized carbons (Fsp3) is 0.556. The Labute approximate surface area is 142 Å². The van der Waals surface area contributed by atoms with Crippen molar-refractivity contribution in [1.82, 2.24) is 15.1 Å². The second-order valence-corrected chi connectivity index (χ2v) is 6.49. The summed E-state index contributed by atoms with van der Waals surface area (Å²) >= 11 is 0. The maximum atomic E-state index is 13.7. The molecule has 0 radical (unpaired) electrons. The van der Waals surface area contributed by atoms with Crippen LogP contribution >= 0.6 is 0 Å². The van der Waals surface area contributed by atoms with Gasteiger partial charge in [0.05, 0.1) is 6.04 Å². The van der Waals surface area contributed by atoms with E-state index in [4.69, 9.17) is 0 Å². The number of nitrogens with zero attached hydrogens (tertiary/aromatic N) is 2. The largest absolute Gasteiger partial charge is 0.341 e. The molecule has 0 spiro atoms. The van der Waals surface area contributed by atoms with E-state index in [1.54, 1.807) is 42.7 Å². The first-order chi connectivity index (χ1) is 11.3. The maximum absolute atomic E-state index is 13.7. The highest BCUT2D eigenvalue weighted by atomic mass is 19.1. The molecule has 1 N–H and O–H groups in total. The number of carbonyl (C=O) groups is 2. The first kappa shape index (κ1) is 18.2. The van der Waals surface area contributed by atoms with Gasteiger partial charge in [0.25, 0.3) is 0 Å². The summed E-state index contributed by atoms with van der Waals surface area (Å²) in [5.41, 5.74) is 2.05. The number of carbonyl (C=O) groups excluding carboxylic acids is 2. The van der Waals surface area contributed by atoms with Gasteiger partial charge in [-0.05, 0) is 43.9 Å². The Hall–Kier alpha value is -2.11. The Kier molecular flexibility index (Phi) is 5.80. The minimum absolute atomic E-state index is 0.0443. The summed E-state index contributed by atoms with van der Waals surface area (Å²) in [6, 6.07) is 3.19. The van der Waals surface area contributed by atoms with Crippen molar-refractivity contribution in [3.05, 3.63) is 34.6 Å². The third kappa shape index (κ3) is 4.24. The lowest BCUT2D eigenvalue weighted by Crippen LogP contribution is -2.43. The van der Waals surface area contributed by atoms with Gasteiger partial charge in [-0.2, -0.15) is 0 Å². The van der Waals surface area contributed by atoms with Gasteiger partial charge in [0, 0.05) is 33.1 Å². The van der Waals surface area contributed by atoms with Crippen LogP contribution in [0.3, 0.4) is 0 Å². The number of urea groups is 1. The first-order valence-corrected chi connectivity index (χ1v) is 8.37. The van der Waals surface area contributed by atoms with Crippen molar-refractivity contribution >= 4 is 11.9 Å². The summed E-state index contributed by atoms with van der Waals surface area (Å²) in [5, 5.41) is 2.97. The van der Waals surface area contributed by atoms with E-state index in [1.807, 2.05) is 6.92 Å². The van der Waals surface area contributed by atoms with Crippen molar-refractivity contribution in [3.8, 4) is 0 Å². The quantitative estimate of drug-likeness (QED) is 0.903. The van der Waals surface area contributed by atoms with Crippen LogP contribution in [0.4, 0.5) is 9.18 Å². The topological polar surface area (TPSA) is 52.7 Å². The summed E-state index contributed by atoms with van der Waals surface area (Å²) in [5.74, 6) is -0.156. The molecule has 3 amide bonds. The third-order valence-electron chi connectivity index (χ3n) is 4.53. The van der Waals surface area contributed by atoms with E-state index in [0.717, 1.165) is 12.0 Å². The smallest absolute Gasteiger partial charge is 0.317 e. The fourth-order valence-electron chi connectivity index (χ4n) is 3.02. The van der Waals surface area contributed by atoms with Crippen molar-refractivity contribution in [2.75, 3.05) is 26.2 Å². The van der Waals surface area contributed by atoms with Crippen LogP contribution < -0.4 is 5.32 Å². The van der Waals surface area contributed by atoms with Crippen LogP contribution in [0.2, 0.25) is 0 Å². The van der Waals surface area contributed by atoms with Crippen molar-refractivity contribution in [2.24, 2.45) is 0 Å². The van der Waals surface area contributed by atoms with Crippen LogP contribution in [0, 0.1) is 19.7 Å². The number of halogens is 1. The highest BCUT2D eigenvalue weighted by Gasteiger charge is 2.22. The van der Waals surface area contributed by atoms with E-state index in [0.29, 0.717) is 37.3 Å². The Balaban J connectivity index is 2.00. The molecule has 132 valence electrons. The van der Waals surface area contributed by atoms with E-state index >= 15 is 0 Å². The summed E-state index contributed by atoms with van der Waals surface area (Å²) in [7, 11) is 0. The number of amides is 3. The van der Waals surface area contributed by atoms with Crippen LogP contribution in [0.25, 0.3) is 0 Å². The molecule has 1 fully saturated rings. The van der Waals surface area contributed by atoms with Gasteiger partial charge in [-0.15, -0.1) is 0 Å². The number of hydrogen-bond donors (Lipinski definition) is 1. The Morgan fingerprint density at radius 1 is 1.08 bits per heavy atom. The molecule has 1 atom stereocenters. The normalized spacial score (nSPS) is 16.5. The van der Waals surface area contributed by atoms with E-state index < -0.39 is 0 Å². The van der Waals surface area contributed by atoms with Gasteiger partial charge in [0.15, 0.2) is 0 Å². The molecule has 1 saturated heterocycles. The fourth-order valence-corrected chi connectivity index (χ4v) is 3.02. The minimum atomic E-state index is -0.206. The summed E-state index contributed by atoms with van der Waals surface area (Å²) in [6.07, 6.45) is 0.774. The number of benzene rings is 1. The SMILES string of the molecule is CC(=O)N1CCCN(C(=O)NC(C)c2cc(C)c(F)c(C)c2)CC1. The van der Waals surface area contributed by atoms with Gasteiger partial charge in [-0.25, -0.2) is 9.18 Å². The highest BCUT2D eigenvalue weighted by molar-refractivity contribution is 5.75. The number of rotatable bonds is 2. The maximum Gasteiger partial charge on any atom is 0.317 e. The summed E-state index contributed by atoms with van der Waals surface area (Å²) < 4.78 is 13.7. The number of nitrogens with one attached hydrogen (secondary N) is 1. The molecule has 1 aromatic rings. The average Bonchev–Trinajstić information content (AvgIpc) is 2.78. The molecule has 2 rings (SSSR count). The molecule has 1 unspecified atom stereocenters. The molecule has 1 heterocycles. The predicted molar refractivity (Wildman–Crippen MR) is 91.3 cm³/mol. The Morgan fingerprint density at radius 3 is 2.21 bits per heavy atom. The van der Waals surface area contributed by atoms with E-state index in [-0.39, 0.29) is 23.8 Å². The molecule has 0 aromatic heterocycles. The van der Waals surface area contributed by atoms with Crippen LogP contribution in [-0.4, -0.2) is 47.9 Å². The molecular weight excluding hydrogens is 309 g/mol. The van der Waals surface area contributed by atoms with Gasteiger partial charge >= 0.3 is 6.03 Å². The molecule has 5 nitrogen and oxygen atoms in total. The van der Waals surface area contributed by atoms with Crippen molar-refractivity contribution < 1.29 is 14.0 Å². The molecular formula is C18H26FN3O2. The summed E-state index contributed by atoms with van der Waals surface area (Å²) in [6.45, 7) is 9.30. The van der Waals surface area contributed by atoms with Crippen molar-refractivity contribution in [3.63, 3.8) is 0 Å². The molecule has 0 aliphatic carbocycles. The van der Waals surface area contributed by atoms with Crippen LogP contribution in [-0.2, 0) is 4.79 Å². The summed E-state index contributed by atoms with van der Waals surface area (Å²) in [4.78, 5) is 27.4. The lowest BCUT2D eigenvalue weighted by molar-refractivity contribution is -0.128. The first-order valence-electron chi connectivity index (χ1n) is 8.37. The van der Waals surface area contributed by atoms with E-state index in [2.05, 4.69) is 5.32 Å². The molecule has 6 heteroatoms. The van der Waals surface area contributed by atoms with E-state index in [1.165, 1.54) is 0 Å². The second-order valence-electron chi connectivity index (χ2n) is 6.49. The zero-order chi connectivity index (χ0) is 17.9. The Morgan fingerprint density at radius 2 is 1.62 bits per heavy atom. The number of aryl methyl sites for hydroxylation is 2. The van der Waals surface area contributed by atoms with Gasteiger partial charge in [0.2, 0.25) is 5.91 Å². The molecule has 1 aliphatic rings. The number of hydrogen-bond acceptors (Lipinski definition) is 2. The molecule has 24 heavy (non-hydrogen) atoms. The molecule has 1 aliphatic heterocycles. The lowest BCUT2D eigenvalue weighted by atomic mass is 10.0. The van der Waals surface area contributed by atoms with Crippen LogP contribution in [0.15, 0.2) is 12.1 Å². The zero-order valence-corrected chi connectivity index (χ0v) is 14.9. The zero-order valence-electron chi connectivity index (χ0n) is 14.9.